The number of fused-ring (bicyclic) bond motifs is 6. The highest BCUT2D eigenvalue weighted by molar-refractivity contribution is 6.23. The van der Waals surface area contributed by atoms with Gasteiger partial charge in [-0.3, -0.25) is 29.9 Å². The summed E-state index contributed by atoms with van der Waals surface area (Å²) in [5, 5.41) is 12.3. The maximum absolute atomic E-state index is 5.44. The lowest BCUT2D eigenvalue weighted by molar-refractivity contribution is 1.28. The number of hydrogen-bond acceptors (Lipinski definition) is 6. The number of rotatable bonds is 6. The van der Waals surface area contributed by atoms with E-state index < -0.39 is 0 Å². The van der Waals surface area contributed by atoms with E-state index in [2.05, 4.69) is 182 Å². The van der Waals surface area contributed by atoms with Crippen molar-refractivity contribution in [2.75, 3.05) is 0 Å². The zero-order chi connectivity index (χ0) is 43.6. The summed E-state index contributed by atoms with van der Waals surface area (Å²) in [6.45, 7) is 0. The summed E-state index contributed by atoms with van der Waals surface area (Å²) in [4.78, 5) is 32.7. The first-order chi connectivity index (χ1) is 32.8. The second-order valence-corrected chi connectivity index (χ2v) is 16.5. The Hall–Kier alpha value is -9.00. The van der Waals surface area contributed by atoms with E-state index in [1.54, 1.807) is 0 Å². The molecule has 0 aliphatic rings. The molecule has 6 nitrogen and oxygen atoms in total. The predicted molar refractivity (Wildman–Crippen MR) is 271 cm³/mol. The van der Waals surface area contributed by atoms with Crippen LogP contribution in [0.2, 0.25) is 0 Å². The third kappa shape index (κ3) is 5.89. The van der Waals surface area contributed by atoms with Crippen LogP contribution in [-0.2, 0) is 0 Å². The van der Waals surface area contributed by atoms with Crippen LogP contribution >= 0.6 is 0 Å². The molecule has 0 aliphatic carbocycles. The molecule has 6 heteroatoms. The van der Waals surface area contributed by atoms with Crippen molar-refractivity contribution < 1.29 is 0 Å². The number of aromatic nitrogens is 6. The third-order valence-electron chi connectivity index (χ3n) is 13.0. The number of hydrogen-bond donors (Lipinski definition) is 0. The van der Waals surface area contributed by atoms with Gasteiger partial charge in [0.05, 0.1) is 34.2 Å². The maximum atomic E-state index is 5.44. The van der Waals surface area contributed by atoms with Crippen LogP contribution in [0.5, 0.6) is 0 Å². The molecule has 0 aliphatic heterocycles. The Morgan fingerprint density at radius 2 is 0.318 bits per heavy atom. The first-order valence-corrected chi connectivity index (χ1v) is 22.1. The van der Waals surface area contributed by atoms with E-state index in [4.69, 9.17) is 29.9 Å². The van der Waals surface area contributed by atoms with Gasteiger partial charge in [-0.05, 0) is 68.7 Å². The van der Waals surface area contributed by atoms with Gasteiger partial charge in [-0.2, -0.15) is 0 Å². The normalized spacial score (nSPS) is 11.6. The minimum absolute atomic E-state index is 0.794. The molecule has 6 aromatic heterocycles. The summed E-state index contributed by atoms with van der Waals surface area (Å²) in [6.07, 6.45) is 11.5. The van der Waals surface area contributed by atoms with Crippen molar-refractivity contribution in [2.45, 2.75) is 0 Å². The lowest BCUT2D eigenvalue weighted by atomic mass is 9.76. The summed E-state index contributed by atoms with van der Waals surface area (Å²) >= 11 is 0. The van der Waals surface area contributed by atoms with E-state index in [9.17, 15) is 0 Å². The Labute approximate surface area is 379 Å². The lowest BCUT2D eigenvalue weighted by Crippen LogP contribution is -2.07. The van der Waals surface area contributed by atoms with Crippen LogP contribution in [0, 0.1) is 0 Å². The highest BCUT2D eigenvalue weighted by Crippen LogP contribution is 2.58. The molecule has 306 valence electrons. The molecule has 6 heterocycles. The number of benzene rings is 7. The van der Waals surface area contributed by atoms with E-state index in [0.717, 1.165) is 132 Å². The molecule has 0 saturated carbocycles. The highest BCUT2D eigenvalue weighted by atomic mass is 14.8. The van der Waals surface area contributed by atoms with Crippen LogP contribution in [0.4, 0.5) is 0 Å². The van der Waals surface area contributed by atoms with Gasteiger partial charge in [-0.1, -0.05) is 146 Å². The Bertz CT molecular complexity index is 3350. The van der Waals surface area contributed by atoms with Crippen molar-refractivity contribution in [2.24, 2.45) is 0 Å². The van der Waals surface area contributed by atoms with Crippen LogP contribution < -0.4 is 0 Å². The topological polar surface area (TPSA) is 77.3 Å². The highest BCUT2D eigenvalue weighted by Gasteiger charge is 2.35. The largest absolute Gasteiger partial charge is 0.256 e. The molecule has 13 aromatic rings. The summed E-state index contributed by atoms with van der Waals surface area (Å²) in [7, 11) is 0. The van der Waals surface area contributed by atoms with Crippen LogP contribution in [0.3, 0.4) is 0 Å². The molecule has 13 rings (SSSR count). The molecular weight excluding hydrogens is 805 g/mol. The van der Waals surface area contributed by atoms with E-state index >= 15 is 0 Å². The Kier molecular flexibility index (Phi) is 8.74. The first kappa shape index (κ1) is 37.5. The molecule has 0 fully saturated rings. The Balaban J connectivity index is 1.43. The fraction of sp³-hybridized carbons (Fsp3) is 0. The zero-order valence-electron chi connectivity index (χ0n) is 35.5. The molecular formula is C60H36N6. The third-order valence-corrected chi connectivity index (χ3v) is 13.0. The molecule has 0 unspecified atom stereocenters. The van der Waals surface area contributed by atoms with Crippen molar-refractivity contribution in [3.8, 4) is 67.5 Å². The molecule has 0 radical (unpaired) electrons. The monoisotopic (exact) mass is 840 g/mol. The zero-order valence-corrected chi connectivity index (χ0v) is 35.5. The first-order valence-electron chi connectivity index (χ1n) is 22.1. The molecule has 66 heavy (non-hydrogen) atoms. The van der Waals surface area contributed by atoms with E-state index in [-0.39, 0.29) is 0 Å². The van der Waals surface area contributed by atoms with Gasteiger partial charge in [-0.15, -0.1) is 0 Å². The van der Waals surface area contributed by atoms with Crippen molar-refractivity contribution in [1.82, 2.24) is 29.9 Å². The van der Waals surface area contributed by atoms with E-state index in [1.165, 1.54) is 0 Å². The predicted octanol–water partition coefficient (Wildman–Crippen LogP) is 15.0. The number of nitrogens with zero attached hydrogens (tertiary/aromatic N) is 6. The van der Waals surface area contributed by atoms with Crippen LogP contribution in [0.25, 0.3) is 132 Å². The molecule has 7 aromatic carbocycles. The lowest BCUT2D eigenvalue weighted by Gasteiger charge is -2.28. The summed E-state index contributed by atoms with van der Waals surface area (Å²) < 4.78 is 0. The molecule has 0 bridgehead atoms. The Morgan fingerprint density at radius 3 is 0.485 bits per heavy atom. The van der Waals surface area contributed by atoms with Crippen molar-refractivity contribution in [1.29, 1.82) is 0 Å². The van der Waals surface area contributed by atoms with Crippen molar-refractivity contribution in [3.63, 3.8) is 0 Å². The van der Waals surface area contributed by atoms with Gasteiger partial charge in [0, 0.05) is 103 Å². The van der Waals surface area contributed by atoms with Gasteiger partial charge in [0.2, 0.25) is 0 Å². The second kappa shape index (κ2) is 15.4. The summed E-state index contributed by atoms with van der Waals surface area (Å²) in [6, 6.07) is 63.5. The van der Waals surface area contributed by atoms with Gasteiger partial charge in [0.1, 0.15) is 0 Å². The summed E-state index contributed by atoms with van der Waals surface area (Å²) in [5.74, 6) is 0. The van der Waals surface area contributed by atoms with Crippen LogP contribution in [-0.4, -0.2) is 29.9 Å². The van der Waals surface area contributed by atoms with Gasteiger partial charge < -0.3 is 0 Å². The average molecular weight is 841 g/mol. The SMILES string of the molecule is c1ccc2c(-c3c(-c4nccc5ccccc45)c(-c4nccc5ccccc45)c(-c4nccc5ccccc45)c(-c4nccc5ccccc45)c3-c3nccc4ccccc34)nccc2c1. The van der Waals surface area contributed by atoms with Gasteiger partial charge >= 0.3 is 0 Å². The minimum Gasteiger partial charge on any atom is -0.256 e. The fourth-order valence-electron chi connectivity index (χ4n) is 10.1. The van der Waals surface area contributed by atoms with Crippen LogP contribution in [0.1, 0.15) is 0 Å². The number of pyridine rings is 6. The summed E-state index contributed by atoms with van der Waals surface area (Å²) in [5.41, 5.74) is 10.0. The maximum Gasteiger partial charge on any atom is 0.0794 e. The van der Waals surface area contributed by atoms with Gasteiger partial charge in [-0.25, -0.2) is 0 Å². The molecule has 0 saturated heterocycles. The van der Waals surface area contributed by atoms with Crippen molar-refractivity contribution >= 4 is 64.6 Å². The molecule has 0 N–H and O–H groups in total. The molecule has 0 amide bonds. The van der Waals surface area contributed by atoms with Gasteiger partial charge in [0.15, 0.2) is 0 Å². The second-order valence-electron chi connectivity index (χ2n) is 16.5. The Morgan fingerprint density at radius 1 is 0.167 bits per heavy atom. The van der Waals surface area contributed by atoms with Crippen LogP contribution in [0.15, 0.2) is 219 Å². The smallest absolute Gasteiger partial charge is 0.0794 e. The van der Waals surface area contributed by atoms with Gasteiger partial charge in [0.25, 0.3) is 0 Å². The standard InChI is InChI=1S/C60H36N6/c1-7-19-43-37(13-1)25-31-61-55(43)49-50(56-44-20-8-2-14-38(44)26-32-62-56)52(58-46-22-10-4-16-40(46)28-34-64-58)54(60-48-24-12-6-18-42(48)30-36-66-60)53(59-47-23-11-5-17-41(47)29-35-65-59)51(49)57-45-21-9-3-15-39(45)27-33-63-57/h1-36H. The average Bonchev–Trinajstić information content (AvgIpc) is 3.39. The van der Waals surface area contributed by atoms with Crippen molar-refractivity contribution in [3.05, 3.63) is 219 Å². The van der Waals surface area contributed by atoms with E-state index in [0.29, 0.717) is 0 Å². The quantitative estimate of drug-likeness (QED) is 0.166. The van der Waals surface area contributed by atoms with E-state index in [1.807, 2.05) is 37.2 Å². The molecule has 0 atom stereocenters. The molecule has 0 spiro atoms. The fourth-order valence-corrected chi connectivity index (χ4v) is 10.1. The minimum atomic E-state index is 0.794.